The molecule has 202 valence electrons. The zero-order valence-electron chi connectivity index (χ0n) is 21.8. The predicted molar refractivity (Wildman–Crippen MR) is 145 cm³/mol. The number of rotatable bonds is 8. The number of aliphatic hydroxyl groups excluding tert-OH is 1. The van der Waals surface area contributed by atoms with Crippen molar-refractivity contribution >= 4 is 23.4 Å². The van der Waals surface area contributed by atoms with Crippen LogP contribution < -0.4 is 16.0 Å². The number of amides is 3. The first-order valence-corrected chi connectivity index (χ1v) is 13.6. The standard InChI is InChI=1S/C29H37N5O4/c1-19-8-9-26(28(37)30-19)34-17-24-23(29(34)38)6-3-7-25(24)31-21-10-13-33(14-11-21)15-12-27(36)32-22-5-2-4-20(16-22)18-35/h2,4-6,16,21,26,31,35H,1,3,7-15,17-18H2,(H,30,37)(H,32,36). The Kier molecular flexibility index (Phi) is 7.95. The molecule has 0 aromatic heterocycles. The van der Waals surface area contributed by atoms with Crippen LogP contribution in [0.3, 0.4) is 0 Å². The minimum absolute atomic E-state index is 0.0276. The van der Waals surface area contributed by atoms with E-state index < -0.39 is 6.04 Å². The van der Waals surface area contributed by atoms with Gasteiger partial charge in [-0.2, -0.15) is 0 Å². The average molecular weight is 520 g/mol. The van der Waals surface area contributed by atoms with Gasteiger partial charge in [-0.05, 0) is 56.2 Å². The van der Waals surface area contributed by atoms with E-state index in [9.17, 15) is 19.5 Å². The monoisotopic (exact) mass is 519 g/mol. The van der Waals surface area contributed by atoms with Crippen molar-refractivity contribution in [1.29, 1.82) is 0 Å². The summed E-state index contributed by atoms with van der Waals surface area (Å²) in [6, 6.07) is 7.15. The van der Waals surface area contributed by atoms with Crippen LogP contribution in [0.1, 0.15) is 50.5 Å². The summed E-state index contributed by atoms with van der Waals surface area (Å²) in [7, 11) is 0. The maximum absolute atomic E-state index is 13.2. The molecule has 1 unspecified atom stereocenters. The lowest BCUT2D eigenvalue weighted by atomic mass is 9.95. The van der Waals surface area contributed by atoms with E-state index in [4.69, 9.17) is 0 Å². The molecule has 38 heavy (non-hydrogen) atoms. The number of nitrogens with one attached hydrogen (secondary N) is 3. The molecule has 1 aromatic carbocycles. The first-order valence-electron chi connectivity index (χ1n) is 13.6. The number of piperidine rings is 2. The SMILES string of the molecule is C=C1CCC(N2CC3=C(NC4CCN(CCC(=O)Nc5cccc(CO)c5)CC4)CCC=C3C2=O)C(=O)N1. The van der Waals surface area contributed by atoms with Crippen LogP contribution >= 0.6 is 0 Å². The topological polar surface area (TPSA) is 114 Å². The summed E-state index contributed by atoms with van der Waals surface area (Å²) in [5.74, 6) is -0.202. The van der Waals surface area contributed by atoms with E-state index in [0.29, 0.717) is 44.1 Å². The molecule has 3 aliphatic heterocycles. The Labute approximate surface area is 223 Å². The van der Waals surface area contributed by atoms with Crippen LogP contribution in [0, 0.1) is 0 Å². The maximum atomic E-state index is 13.2. The number of hydrogen-bond donors (Lipinski definition) is 4. The highest BCUT2D eigenvalue weighted by molar-refractivity contribution is 6.04. The van der Waals surface area contributed by atoms with Crippen LogP contribution in [0.15, 0.2) is 59.5 Å². The van der Waals surface area contributed by atoms with Crippen molar-refractivity contribution in [1.82, 2.24) is 20.4 Å². The third-order valence-corrected chi connectivity index (χ3v) is 7.96. The molecule has 9 nitrogen and oxygen atoms in total. The third-order valence-electron chi connectivity index (χ3n) is 7.96. The number of carbonyl (C=O) groups is 3. The van der Waals surface area contributed by atoms with E-state index in [1.807, 2.05) is 24.3 Å². The Bertz CT molecular complexity index is 1180. The number of nitrogens with zero attached hydrogens (tertiary/aromatic N) is 2. The van der Waals surface area contributed by atoms with Gasteiger partial charge in [0.2, 0.25) is 11.8 Å². The normalized spacial score (nSPS) is 22.8. The first kappa shape index (κ1) is 26.2. The molecule has 0 saturated carbocycles. The van der Waals surface area contributed by atoms with Gasteiger partial charge in [0.15, 0.2) is 0 Å². The molecule has 0 spiro atoms. The van der Waals surface area contributed by atoms with E-state index in [2.05, 4.69) is 27.4 Å². The number of benzene rings is 1. The van der Waals surface area contributed by atoms with Crippen LogP contribution in [-0.2, 0) is 21.0 Å². The van der Waals surface area contributed by atoms with Gasteiger partial charge in [-0.15, -0.1) is 0 Å². The highest BCUT2D eigenvalue weighted by atomic mass is 16.3. The summed E-state index contributed by atoms with van der Waals surface area (Å²) in [4.78, 5) is 42.1. The van der Waals surface area contributed by atoms with E-state index in [-0.39, 0.29) is 24.3 Å². The smallest absolute Gasteiger partial charge is 0.254 e. The zero-order chi connectivity index (χ0) is 26.6. The molecule has 3 amide bonds. The molecule has 3 heterocycles. The van der Waals surface area contributed by atoms with Crippen molar-refractivity contribution < 1.29 is 19.5 Å². The van der Waals surface area contributed by atoms with Crippen LogP contribution in [0.25, 0.3) is 0 Å². The molecule has 0 bridgehead atoms. The molecule has 5 rings (SSSR count). The van der Waals surface area contributed by atoms with E-state index in [0.717, 1.165) is 66.9 Å². The molecule has 4 aliphatic rings. The van der Waals surface area contributed by atoms with Gasteiger partial charge in [0, 0.05) is 66.9 Å². The third kappa shape index (κ3) is 5.84. The second-order valence-corrected chi connectivity index (χ2v) is 10.6. The van der Waals surface area contributed by atoms with Gasteiger partial charge in [0.05, 0.1) is 6.61 Å². The van der Waals surface area contributed by atoms with Crippen molar-refractivity contribution in [3.8, 4) is 0 Å². The molecule has 0 radical (unpaired) electrons. The van der Waals surface area contributed by atoms with Crippen LogP contribution in [0.5, 0.6) is 0 Å². The summed E-state index contributed by atoms with van der Waals surface area (Å²) in [5.41, 5.74) is 5.14. The van der Waals surface area contributed by atoms with Crippen molar-refractivity contribution in [3.05, 3.63) is 65.0 Å². The number of hydrogen-bond acceptors (Lipinski definition) is 6. The zero-order valence-corrected chi connectivity index (χ0v) is 21.8. The van der Waals surface area contributed by atoms with Crippen molar-refractivity contribution in [3.63, 3.8) is 0 Å². The fourth-order valence-corrected chi connectivity index (χ4v) is 5.84. The lowest BCUT2D eigenvalue weighted by molar-refractivity contribution is -0.136. The predicted octanol–water partition coefficient (Wildman–Crippen LogP) is 2.17. The first-order chi connectivity index (χ1) is 18.4. The summed E-state index contributed by atoms with van der Waals surface area (Å²) >= 11 is 0. The average Bonchev–Trinajstić information content (AvgIpc) is 3.25. The second-order valence-electron chi connectivity index (χ2n) is 10.6. The molecule has 3 fully saturated rings. The molecule has 1 aliphatic carbocycles. The quantitative estimate of drug-likeness (QED) is 0.419. The van der Waals surface area contributed by atoms with Gasteiger partial charge < -0.3 is 30.9 Å². The van der Waals surface area contributed by atoms with Gasteiger partial charge in [-0.25, -0.2) is 0 Å². The highest BCUT2D eigenvalue weighted by Crippen LogP contribution is 2.35. The summed E-state index contributed by atoms with van der Waals surface area (Å²) < 4.78 is 0. The Balaban J connectivity index is 1.11. The number of fused-ring (bicyclic) bond motifs is 1. The number of aliphatic hydroxyl groups is 1. The molecule has 4 N–H and O–H groups in total. The van der Waals surface area contributed by atoms with Gasteiger partial charge >= 0.3 is 0 Å². The van der Waals surface area contributed by atoms with Crippen LogP contribution in [-0.4, -0.2) is 70.9 Å². The lowest BCUT2D eigenvalue weighted by Gasteiger charge is -2.34. The van der Waals surface area contributed by atoms with Gasteiger partial charge in [0.25, 0.3) is 5.91 Å². The fraction of sp³-hybridized carbons (Fsp3) is 0.483. The van der Waals surface area contributed by atoms with Crippen molar-refractivity contribution in [2.24, 2.45) is 0 Å². The second kappa shape index (κ2) is 11.5. The Morgan fingerprint density at radius 1 is 1.16 bits per heavy atom. The van der Waals surface area contributed by atoms with E-state index >= 15 is 0 Å². The maximum Gasteiger partial charge on any atom is 0.254 e. The molecular weight excluding hydrogens is 482 g/mol. The highest BCUT2D eigenvalue weighted by Gasteiger charge is 2.41. The Hall–Kier alpha value is -3.43. The van der Waals surface area contributed by atoms with Crippen molar-refractivity contribution in [2.75, 3.05) is 31.5 Å². The number of carbonyl (C=O) groups excluding carboxylic acids is 3. The molecule has 1 atom stereocenters. The van der Waals surface area contributed by atoms with E-state index in [1.165, 1.54) is 0 Å². The van der Waals surface area contributed by atoms with Crippen LogP contribution in [0.2, 0.25) is 0 Å². The summed E-state index contributed by atoms with van der Waals surface area (Å²) in [6.45, 7) is 6.80. The summed E-state index contributed by atoms with van der Waals surface area (Å²) in [6.07, 6.45) is 7.41. The minimum Gasteiger partial charge on any atom is -0.392 e. The summed E-state index contributed by atoms with van der Waals surface area (Å²) in [5, 5.41) is 18.7. The largest absolute Gasteiger partial charge is 0.392 e. The van der Waals surface area contributed by atoms with Crippen molar-refractivity contribution in [2.45, 2.75) is 63.6 Å². The fourth-order valence-electron chi connectivity index (χ4n) is 5.84. The lowest BCUT2D eigenvalue weighted by Crippen LogP contribution is -2.50. The number of likely N-dealkylation sites (tertiary alicyclic amines) is 2. The molecule has 1 aromatic rings. The molecular formula is C29H37N5O4. The van der Waals surface area contributed by atoms with Crippen LogP contribution in [0.4, 0.5) is 5.69 Å². The Morgan fingerprint density at radius 2 is 1.97 bits per heavy atom. The Morgan fingerprint density at radius 3 is 2.74 bits per heavy atom. The molecule has 3 saturated heterocycles. The number of allylic oxidation sites excluding steroid dienone is 3. The van der Waals surface area contributed by atoms with Gasteiger partial charge in [0.1, 0.15) is 6.04 Å². The number of anilines is 1. The van der Waals surface area contributed by atoms with E-state index in [1.54, 1.807) is 11.0 Å². The molecule has 9 heteroatoms. The van der Waals surface area contributed by atoms with Gasteiger partial charge in [-0.1, -0.05) is 24.8 Å². The minimum atomic E-state index is -0.438. The van der Waals surface area contributed by atoms with Gasteiger partial charge in [-0.3, -0.25) is 14.4 Å².